The van der Waals surface area contributed by atoms with Gasteiger partial charge in [-0.1, -0.05) is 0 Å². The maximum absolute atomic E-state index is 12.8. The van der Waals surface area contributed by atoms with Crippen LogP contribution in [0.3, 0.4) is 0 Å². The fraction of sp³-hybridized carbons (Fsp3) is 0.250. The van der Waals surface area contributed by atoms with Crippen LogP contribution in [0, 0.1) is 0 Å². The van der Waals surface area contributed by atoms with E-state index in [4.69, 9.17) is 0 Å². The van der Waals surface area contributed by atoms with Crippen molar-refractivity contribution in [2.75, 3.05) is 0 Å². The van der Waals surface area contributed by atoms with Gasteiger partial charge in [0.05, 0.1) is 17.2 Å². The summed E-state index contributed by atoms with van der Waals surface area (Å²) in [4.78, 5) is 15.9. The normalized spacial score (nSPS) is 13.4. The molecule has 0 aliphatic rings. The number of carbonyl (C=O) groups is 1. The van der Waals surface area contributed by atoms with Crippen LogP contribution < -0.4 is 5.32 Å². The lowest BCUT2D eigenvalue weighted by Crippen LogP contribution is -2.27. The van der Waals surface area contributed by atoms with Gasteiger partial charge in [-0.3, -0.25) is 9.78 Å². The number of carbonyl (C=O) groups excluding carboxylic acids is 1. The molecule has 0 saturated heterocycles. The summed E-state index contributed by atoms with van der Waals surface area (Å²) < 4.78 is 76.9. The van der Waals surface area contributed by atoms with Crippen molar-refractivity contribution in [2.45, 2.75) is 25.3 Å². The van der Waals surface area contributed by atoms with Gasteiger partial charge in [0, 0.05) is 18.0 Å². The summed E-state index contributed by atoms with van der Waals surface area (Å²) in [6.45, 7) is 1.55. The van der Waals surface area contributed by atoms with Crippen LogP contribution >= 0.6 is 0 Å². The first-order valence-corrected chi connectivity index (χ1v) is 6.99. The van der Waals surface area contributed by atoms with Crippen molar-refractivity contribution in [3.8, 4) is 0 Å². The number of hydrogen-bond acceptors (Lipinski definition) is 2. The molecule has 1 heterocycles. The van der Waals surface area contributed by atoms with Crippen molar-refractivity contribution in [2.24, 2.45) is 0 Å². The Kier molecular flexibility index (Phi) is 5.05. The zero-order valence-corrected chi connectivity index (χ0v) is 12.7. The Morgan fingerprint density at radius 1 is 0.960 bits per heavy atom. The van der Waals surface area contributed by atoms with Crippen LogP contribution in [0.1, 0.15) is 40.0 Å². The average Bonchev–Trinajstić information content (AvgIpc) is 2.53. The Morgan fingerprint density at radius 2 is 1.44 bits per heavy atom. The molecule has 2 aromatic rings. The average molecular weight is 362 g/mol. The number of amides is 1. The van der Waals surface area contributed by atoms with E-state index in [1.807, 2.05) is 0 Å². The van der Waals surface area contributed by atoms with Gasteiger partial charge in [-0.15, -0.1) is 0 Å². The minimum Gasteiger partial charge on any atom is -0.346 e. The van der Waals surface area contributed by atoms with Gasteiger partial charge in [-0.25, -0.2) is 0 Å². The third-order valence-electron chi connectivity index (χ3n) is 3.40. The van der Waals surface area contributed by atoms with E-state index in [0.717, 1.165) is 0 Å². The fourth-order valence-corrected chi connectivity index (χ4v) is 2.10. The summed E-state index contributed by atoms with van der Waals surface area (Å²) >= 11 is 0. The zero-order valence-electron chi connectivity index (χ0n) is 12.7. The van der Waals surface area contributed by atoms with Crippen LogP contribution in [0.4, 0.5) is 26.3 Å². The van der Waals surface area contributed by atoms with E-state index in [1.54, 1.807) is 19.1 Å². The Balaban J connectivity index is 2.35. The smallest absolute Gasteiger partial charge is 0.346 e. The molecule has 0 aliphatic heterocycles. The lowest BCUT2D eigenvalue weighted by atomic mass is 10.0. The van der Waals surface area contributed by atoms with Gasteiger partial charge in [0.25, 0.3) is 5.91 Å². The number of pyridine rings is 1. The number of hydrogen-bond donors (Lipinski definition) is 1. The summed E-state index contributed by atoms with van der Waals surface area (Å²) in [7, 11) is 0. The van der Waals surface area contributed by atoms with Crippen LogP contribution in [-0.4, -0.2) is 10.9 Å². The molecular weight excluding hydrogens is 350 g/mol. The summed E-state index contributed by atoms with van der Waals surface area (Å²) in [6.07, 6.45) is -7.12. The molecule has 3 nitrogen and oxygen atoms in total. The Hall–Kier alpha value is -2.58. The predicted octanol–water partition coefficient (Wildman–Crippen LogP) is 4.61. The lowest BCUT2D eigenvalue weighted by Gasteiger charge is -2.17. The van der Waals surface area contributed by atoms with E-state index < -0.39 is 41.0 Å². The van der Waals surface area contributed by atoms with Gasteiger partial charge in [-0.05, 0) is 42.8 Å². The minimum absolute atomic E-state index is 0.0247. The predicted molar refractivity (Wildman–Crippen MR) is 76.6 cm³/mol. The number of rotatable bonds is 3. The molecule has 2 rings (SSSR count). The minimum atomic E-state index is -5.01. The largest absolute Gasteiger partial charge is 0.416 e. The molecule has 25 heavy (non-hydrogen) atoms. The maximum Gasteiger partial charge on any atom is 0.416 e. The van der Waals surface area contributed by atoms with Crippen molar-refractivity contribution in [3.63, 3.8) is 0 Å². The highest BCUT2D eigenvalue weighted by Crippen LogP contribution is 2.36. The quantitative estimate of drug-likeness (QED) is 0.811. The van der Waals surface area contributed by atoms with Crippen LogP contribution in [0.2, 0.25) is 0 Å². The molecule has 1 aromatic carbocycles. The molecule has 0 bridgehead atoms. The summed E-state index contributed by atoms with van der Waals surface area (Å²) in [5, 5.41) is 2.37. The highest BCUT2D eigenvalue weighted by atomic mass is 19.4. The van der Waals surface area contributed by atoms with Crippen LogP contribution in [0.25, 0.3) is 0 Å². The number of nitrogens with one attached hydrogen (secondary N) is 1. The first kappa shape index (κ1) is 18.8. The van der Waals surface area contributed by atoms with E-state index in [-0.39, 0.29) is 6.07 Å². The van der Waals surface area contributed by atoms with Crippen molar-refractivity contribution in [1.82, 2.24) is 10.3 Å². The van der Waals surface area contributed by atoms with Gasteiger partial charge < -0.3 is 5.32 Å². The molecule has 9 heteroatoms. The van der Waals surface area contributed by atoms with E-state index in [9.17, 15) is 31.1 Å². The van der Waals surface area contributed by atoms with Crippen molar-refractivity contribution < 1.29 is 31.1 Å². The van der Waals surface area contributed by atoms with Crippen molar-refractivity contribution in [1.29, 1.82) is 0 Å². The Labute approximate surface area is 138 Å². The maximum atomic E-state index is 12.8. The van der Waals surface area contributed by atoms with Crippen LogP contribution in [-0.2, 0) is 12.4 Å². The molecular formula is C16H12F6N2O. The number of nitrogens with zero attached hydrogens (tertiary/aromatic N) is 1. The Bertz CT molecular complexity index is 723. The van der Waals surface area contributed by atoms with Gasteiger partial charge in [0.15, 0.2) is 0 Å². The van der Waals surface area contributed by atoms with E-state index in [2.05, 4.69) is 10.3 Å². The molecule has 1 N–H and O–H groups in total. The topological polar surface area (TPSA) is 42.0 Å². The van der Waals surface area contributed by atoms with Gasteiger partial charge in [0.2, 0.25) is 0 Å². The van der Waals surface area contributed by atoms with Crippen LogP contribution in [0.5, 0.6) is 0 Å². The first-order valence-electron chi connectivity index (χ1n) is 6.99. The zero-order chi connectivity index (χ0) is 18.8. The third kappa shape index (κ3) is 4.71. The molecule has 1 atom stereocenters. The highest BCUT2D eigenvalue weighted by Gasteiger charge is 2.37. The number of benzene rings is 1. The molecule has 0 spiro atoms. The van der Waals surface area contributed by atoms with Gasteiger partial charge >= 0.3 is 12.4 Å². The second-order valence-corrected chi connectivity index (χ2v) is 5.27. The summed E-state index contributed by atoms with van der Waals surface area (Å²) in [5.74, 6) is -1.04. The molecule has 0 unspecified atom stereocenters. The van der Waals surface area contributed by atoms with Crippen LogP contribution in [0.15, 0.2) is 42.7 Å². The molecule has 0 aliphatic carbocycles. The standard InChI is InChI=1S/C16H12F6N2O/c1-9(10-2-4-23-5-3-10)24-14(25)11-6-12(15(17,18)19)8-13(7-11)16(20,21)22/h2-9H,1H3,(H,24,25)/t9-/m0/s1. The summed E-state index contributed by atoms with van der Waals surface area (Å²) in [5.41, 5.74) is -3.19. The van der Waals surface area contributed by atoms with Gasteiger partial charge in [0.1, 0.15) is 0 Å². The monoisotopic (exact) mass is 362 g/mol. The fourth-order valence-electron chi connectivity index (χ4n) is 2.10. The lowest BCUT2D eigenvalue weighted by molar-refractivity contribution is -0.143. The van der Waals surface area contributed by atoms with Crippen molar-refractivity contribution >= 4 is 5.91 Å². The first-order chi connectivity index (χ1) is 11.5. The molecule has 1 aromatic heterocycles. The number of halogens is 6. The molecule has 0 radical (unpaired) electrons. The molecule has 1 amide bonds. The SMILES string of the molecule is C[C@H](NC(=O)c1cc(C(F)(F)F)cc(C(F)(F)F)c1)c1ccncc1. The van der Waals surface area contributed by atoms with E-state index in [0.29, 0.717) is 17.7 Å². The number of alkyl halides is 6. The van der Waals surface area contributed by atoms with Gasteiger partial charge in [-0.2, -0.15) is 26.3 Å². The van der Waals surface area contributed by atoms with E-state index in [1.165, 1.54) is 12.4 Å². The highest BCUT2D eigenvalue weighted by molar-refractivity contribution is 5.95. The van der Waals surface area contributed by atoms with E-state index >= 15 is 0 Å². The third-order valence-corrected chi connectivity index (χ3v) is 3.40. The number of aromatic nitrogens is 1. The summed E-state index contributed by atoms with van der Waals surface area (Å²) in [6, 6.07) is 3.27. The molecule has 0 saturated carbocycles. The second-order valence-electron chi connectivity index (χ2n) is 5.27. The Morgan fingerprint density at radius 3 is 1.88 bits per heavy atom. The molecule has 0 fully saturated rings. The molecule has 134 valence electrons. The van der Waals surface area contributed by atoms with Crippen molar-refractivity contribution in [3.05, 3.63) is 65.0 Å². The second kappa shape index (κ2) is 6.73.